The lowest BCUT2D eigenvalue weighted by molar-refractivity contribution is -0.153. The smallest absolute Gasteiger partial charge is 0.417 e. The van der Waals surface area contributed by atoms with Crippen molar-refractivity contribution in [1.82, 2.24) is 4.90 Å². The van der Waals surface area contributed by atoms with Crippen LogP contribution in [0.4, 0.5) is 4.79 Å². The molecule has 5 nitrogen and oxygen atoms in total. The fourth-order valence-electron chi connectivity index (χ4n) is 3.74. The summed E-state index contributed by atoms with van der Waals surface area (Å²) in [4.78, 5) is 26.1. The highest BCUT2D eigenvalue weighted by molar-refractivity contribution is 9.09. The Hall–Kier alpha value is -1.56. The maximum Gasteiger partial charge on any atom is 0.417 e. The van der Waals surface area contributed by atoms with Crippen molar-refractivity contribution in [3.63, 3.8) is 0 Å². The Balaban J connectivity index is 1.66. The van der Waals surface area contributed by atoms with Gasteiger partial charge in [0.05, 0.1) is 18.5 Å². The molecule has 0 spiro atoms. The largest absolute Gasteiger partial charge is 0.492 e. The minimum absolute atomic E-state index is 0.0969. The molecule has 4 atom stereocenters. The quantitative estimate of drug-likeness (QED) is 0.430. The van der Waals surface area contributed by atoms with Crippen molar-refractivity contribution < 1.29 is 19.1 Å². The van der Waals surface area contributed by atoms with Crippen molar-refractivity contribution in [3.05, 3.63) is 29.3 Å². The zero-order chi connectivity index (χ0) is 18.1. The second-order valence-electron chi connectivity index (χ2n) is 7.16. The normalized spacial score (nSPS) is 29.2. The predicted octanol–water partition coefficient (Wildman–Crippen LogP) is 3.84. The zero-order valence-corrected chi connectivity index (χ0v) is 16.4. The van der Waals surface area contributed by atoms with Crippen LogP contribution in [0.25, 0.3) is 0 Å². The predicted molar refractivity (Wildman–Crippen MR) is 98.0 cm³/mol. The highest BCUT2D eigenvalue weighted by Gasteiger charge is 2.49. The molecular weight excluding hydrogens is 386 g/mol. The summed E-state index contributed by atoms with van der Waals surface area (Å²) in [5.74, 6) is 0.568. The maximum atomic E-state index is 12.2. The standard InChI is InChI=1S/C19H24BrNO4/c1-11-8-15-17(16(20)9-11)21(19(23)25-18(15)22)6-7-24-14-5-4-12(2)13(3)10-14/h4-5,10-11,15-17H,6-9H2,1-3H3. The van der Waals surface area contributed by atoms with E-state index >= 15 is 0 Å². The first kappa shape index (κ1) is 18.2. The van der Waals surface area contributed by atoms with Gasteiger partial charge in [-0.1, -0.05) is 28.9 Å². The summed E-state index contributed by atoms with van der Waals surface area (Å²) in [6.45, 7) is 6.99. The molecule has 1 amide bonds. The van der Waals surface area contributed by atoms with Crippen LogP contribution >= 0.6 is 15.9 Å². The Labute approximate surface area is 156 Å². The van der Waals surface area contributed by atoms with E-state index in [1.807, 2.05) is 25.1 Å². The van der Waals surface area contributed by atoms with Gasteiger partial charge >= 0.3 is 12.1 Å². The molecule has 25 heavy (non-hydrogen) atoms. The van der Waals surface area contributed by atoms with Crippen LogP contribution in [-0.4, -0.2) is 41.0 Å². The number of rotatable bonds is 4. The molecule has 1 saturated carbocycles. The summed E-state index contributed by atoms with van der Waals surface area (Å²) in [6, 6.07) is 5.78. The molecule has 3 rings (SSSR count). The van der Waals surface area contributed by atoms with E-state index in [9.17, 15) is 9.59 Å². The van der Waals surface area contributed by atoms with Crippen LogP contribution in [0.2, 0.25) is 0 Å². The number of carbonyl (C=O) groups excluding carboxylic acids is 2. The summed E-state index contributed by atoms with van der Waals surface area (Å²) in [5, 5.41) is 0. The van der Waals surface area contributed by atoms with Gasteiger partial charge in [0.1, 0.15) is 12.4 Å². The number of nitrogens with zero attached hydrogens (tertiary/aromatic N) is 1. The molecule has 1 aliphatic heterocycles. The number of alkyl halides is 1. The van der Waals surface area contributed by atoms with Crippen LogP contribution in [0.5, 0.6) is 5.75 Å². The van der Waals surface area contributed by atoms with Crippen molar-refractivity contribution in [2.75, 3.05) is 13.2 Å². The Bertz CT molecular complexity index is 677. The average molecular weight is 410 g/mol. The fraction of sp³-hybridized carbons (Fsp3) is 0.579. The number of esters is 1. The molecule has 1 aliphatic carbocycles. The van der Waals surface area contributed by atoms with E-state index < -0.39 is 12.1 Å². The van der Waals surface area contributed by atoms with Crippen molar-refractivity contribution >= 4 is 28.0 Å². The van der Waals surface area contributed by atoms with E-state index in [0.29, 0.717) is 19.1 Å². The summed E-state index contributed by atoms with van der Waals surface area (Å²) in [5.41, 5.74) is 2.38. The van der Waals surface area contributed by atoms with Gasteiger partial charge in [-0.05, 0) is 55.9 Å². The highest BCUT2D eigenvalue weighted by Crippen LogP contribution is 2.39. The number of fused-ring (bicyclic) bond motifs is 1. The lowest BCUT2D eigenvalue weighted by Crippen LogP contribution is -2.60. The molecule has 2 aliphatic rings. The minimum atomic E-state index is -0.561. The molecule has 2 fully saturated rings. The van der Waals surface area contributed by atoms with Crippen LogP contribution < -0.4 is 4.74 Å². The van der Waals surface area contributed by atoms with Crippen molar-refractivity contribution in [2.45, 2.75) is 44.5 Å². The van der Waals surface area contributed by atoms with Crippen LogP contribution in [0.3, 0.4) is 0 Å². The monoisotopic (exact) mass is 409 g/mol. The van der Waals surface area contributed by atoms with Crippen LogP contribution in [-0.2, 0) is 9.53 Å². The molecule has 0 bridgehead atoms. The molecule has 0 N–H and O–H groups in total. The average Bonchev–Trinajstić information content (AvgIpc) is 2.54. The molecule has 1 aromatic rings. The van der Waals surface area contributed by atoms with Gasteiger partial charge in [0.15, 0.2) is 0 Å². The number of hydrogen-bond donors (Lipinski definition) is 0. The SMILES string of the molecule is Cc1ccc(OCCN2C(=O)OC(=O)C3CC(C)CC(Br)C32)cc1C. The first-order valence-corrected chi connectivity index (χ1v) is 9.64. The van der Waals surface area contributed by atoms with Gasteiger partial charge in [-0.15, -0.1) is 0 Å². The first-order chi connectivity index (χ1) is 11.9. The second-order valence-corrected chi connectivity index (χ2v) is 8.34. The molecule has 1 heterocycles. The molecule has 1 aromatic carbocycles. The number of benzene rings is 1. The topological polar surface area (TPSA) is 55.8 Å². The maximum absolute atomic E-state index is 12.2. The number of amides is 1. The lowest BCUT2D eigenvalue weighted by Gasteiger charge is -2.45. The zero-order valence-electron chi connectivity index (χ0n) is 14.8. The minimum Gasteiger partial charge on any atom is -0.492 e. The number of cyclic esters (lactones) is 2. The first-order valence-electron chi connectivity index (χ1n) is 8.73. The Morgan fingerprint density at radius 2 is 2.00 bits per heavy atom. The number of hydrogen-bond acceptors (Lipinski definition) is 4. The third kappa shape index (κ3) is 3.84. The molecule has 6 heteroatoms. The number of aryl methyl sites for hydroxylation is 2. The summed E-state index contributed by atoms with van der Waals surface area (Å²) >= 11 is 3.68. The Kier molecular flexibility index (Phi) is 5.37. The van der Waals surface area contributed by atoms with E-state index in [-0.39, 0.29) is 16.8 Å². The lowest BCUT2D eigenvalue weighted by atomic mass is 9.77. The highest BCUT2D eigenvalue weighted by atomic mass is 79.9. The van der Waals surface area contributed by atoms with Crippen molar-refractivity contribution in [1.29, 1.82) is 0 Å². The Morgan fingerprint density at radius 3 is 2.72 bits per heavy atom. The van der Waals surface area contributed by atoms with Crippen LogP contribution in [0, 0.1) is 25.7 Å². The van der Waals surface area contributed by atoms with E-state index in [2.05, 4.69) is 29.8 Å². The molecule has 1 saturated heterocycles. The summed E-state index contributed by atoms with van der Waals surface area (Å²) in [7, 11) is 0. The number of carbonyl (C=O) groups is 2. The third-order valence-corrected chi connectivity index (χ3v) is 6.15. The van der Waals surface area contributed by atoms with Gasteiger partial charge < -0.3 is 9.47 Å². The van der Waals surface area contributed by atoms with Crippen molar-refractivity contribution in [2.24, 2.45) is 11.8 Å². The fourth-order valence-corrected chi connectivity index (χ4v) is 5.03. The molecule has 4 unspecified atom stereocenters. The van der Waals surface area contributed by atoms with E-state index in [0.717, 1.165) is 18.6 Å². The van der Waals surface area contributed by atoms with Gasteiger partial charge in [0.25, 0.3) is 0 Å². The summed E-state index contributed by atoms with van der Waals surface area (Å²) in [6.07, 6.45) is 1.14. The third-order valence-electron chi connectivity index (χ3n) is 5.23. The number of halogens is 1. The van der Waals surface area contributed by atoms with Crippen molar-refractivity contribution in [3.8, 4) is 5.75 Å². The van der Waals surface area contributed by atoms with E-state index in [1.54, 1.807) is 4.90 Å². The van der Waals surface area contributed by atoms with Gasteiger partial charge in [0.2, 0.25) is 0 Å². The van der Waals surface area contributed by atoms with Gasteiger partial charge in [-0.2, -0.15) is 0 Å². The molecular formula is C19H24BrNO4. The van der Waals surface area contributed by atoms with Gasteiger partial charge in [-0.3, -0.25) is 9.69 Å². The molecule has 0 aromatic heterocycles. The van der Waals surface area contributed by atoms with Crippen LogP contribution in [0.15, 0.2) is 18.2 Å². The molecule has 136 valence electrons. The van der Waals surface area contributed by atoms with Gasteiger partial charge in [0, 0.05) is 4.83 Å². The summed E-state index contributed by atoms with van der Waals surface area (Å²) < 4.78 is 10.8. The van der Waals surface area contributed by atoms with Gasteiger partial charge in [-0.25, -0.2) is 4.79 Å². The molecule has 0 radical (unpaired) electrons. The second kappa shape index (κ2) is 7.36. The van der Waals surface area contributed by atoms with E-state index in [1.165, 1.54) is 11.1 Å². The Morgan fingerprint density at radius 1 is 1.24 bits per heavy atom. The van der Waals surface area contributed by atoms with E-state index in [4.69, 9.17) is 9.47 Å². The number of ether oxygens (including phenoxy) is 2. The van der Waals surface area contributed by atoms with Crippen LogP contribution in [0.1, 0.15) is 30.9 Å².